The van der Waals surface area contributed by atoms with Crippen LogP contribution in [0.5, 0.6) is 0 Å². The molecule has 1 aliphatic heterocycles. The van der Waals surface area contributed by atoms with Gasteiger partial charge in [-0.25, -0.2) is 0 Å². The molecule has 25 heavy (non-hydrogen) atoms. The van der Waals surface area contributed by atoms with E-state index in [0.29, 0.717) is 0 Å². The second-order valence-corrected chi connectivity index (χ2v) is 6.12. The molecular formula is C18H27N3O4. The number of benzene rings is 1. The molecule has 1 fully saturated rings. The first-order valence-electron chi connectivity index (χ1n) is 8.53. The van der Waals surface area contributed by atoms with E-state index < -0.39 is 18.1 Å². The third-order valence-corrected chi connectivity index (χ3v) is 4.33. The number of carbonyl (C=O) groups is 2. The minimum atomic E-state index is -0.661. The normalized spacial score (nSPS) is 16.0. The molecule has 2 N–H and O–H groups in total. The van der Waals surface area contributed by atoms with E-state index in [0.717, 1.165) is 32.5 Å². The van der Waals surface area contributed by atoms with Gasteiger partial charge in [0.25, 0.3) is 0 Å². The van der Waals surface area contributed by atoms with Crippen LogP contribution >= 0.6 is 0 Å². The zero-order valence-corrected chi connectivity index (χ0v) is 14.9. The summed E-state index contributed by atoms with van der Waals surface area (Å²) >= 11 is 0. The summed E-state index contributed by atoms with van der Waals surface area (Å²) in [7, 11) is 2.95. The van der Waals surface area contributed by atoms with Crippen molar-refractivity contribution in [2.75, 3.05) is 33.9 Å². The van der Waals surface area contributed by atoms with Gasteiger partial charge in [0.05, 0.1) is 6.54 Å². The van der Waals surface area contributed by atoms with Crippen molar-refractivity contribution in [1.29, 1.82) is 0 Å². The Kier molecular flexibility index (Phi) is 7.84. The van der Waals surface area contributed by atoms with Crippen LogP contribution in [0, 0.1) is 0 Å². The molecule has 7 heteroatoms. The molecule has 0 saturated carbocycles. The van der Waals surface area contributed by atoms with Gasteiger partial charge in [-0.3, -0.25) is 14.5 Å². The van der Waals surface area contributed by atoms with Gasteiger partial charge in [0, 0.05) is 39.9 Å². The number of nitrogens with zero attached hydrogens (tertiary/aromatic N) is 1. The fourth-order valence-electron chi connectivity index (χ4n) is 2.85. The third kappa shape index (κ3) is 6.45. The molecule has 0 unspecified atom stereocenters. The van der Waals surface area contributed by atoms with Gasteiger partial charge in [0.1, 0.15) is 0 Å². The topological polar surface area (TPSA) is 79.9 Å². The highest BCUT2D eigenvalue weighted by Crippen LogP contribution is 2.13. The van der Waals surface area contributed by atoms with Crippen LogP contribution < -0.4 is 10.6 Å². The number of likely N-dealkylation sites (tertiary alicyclic amines) is 1. The van der Waals surface area contributed by atoms with Crippen molar-refractivity contribution >= 4 is 11.8 Å². The molecule has 1 aromatic carbocycles. The number of nitrogens with one attached hydrogen (secondary N) is 2. The van der Waals surface area contributed by atoms with Crippen LogP contribution in [0.25, 0.3) is 0 Å². The van der Waals surface area contributed by atoms with Crippen LogP contribution in [-0.2, 0) is 25.6 Å². The lowest BCUT2D eigenvalue weighted by molar-refractivity contribution is -0.142. The number of hydrogen-bond donors (Lipinski definition) is 2. The average molecular weight is 349 g/mol. The van der Waals surface area contributed by atoms with Crippen LogP contribution in [0.1, 0.15) is 18.4 Å². The maximum absolute atomic E-state index is 12.0. The molecule has 2 amide bonds. The summed E-state index contributed by atoms with van der Waals surface area (Å²) in [5, 5.41) is 5.31. The lowest BCUT2D eigenvalue weighted by Crippen LogP contribution is -2.49. The van der Waals surface area contributed by atoms with Crippen LogP contribution in [0.4, 0.5) is 0 Å². The van der Waals surface area contributed by atoms with E-state index in [1.54, 1.807) is 0 Å². The van der Waals surface area contributed by atoms with E-state index in [9.17, 15) is 9.59 Å². The number of carbonyl (C=O) groups excluding carboxylic acids is 2. The van der Waals surface area contributed by atoms with Gasteiger partial charge < -0.3 is 20.1 Å². The summed E-state index contributed by atoms with van der Waals surface area (Å²) in [6.45, 7) is 2.85. The van der Waals surface area contributed by atoms with Crippen molar-refractivity contribution in [3.05, 3.63) is 35.9 Å². The number of rotatable bonds is 7. The Hall–Kier alpha value is -1.96. The molecule has 0 radical (unpaired) electrons. The predicted octanol–water partition coefficient (Wildman–Crippen LogP) is 0.502. The maximum Gasteiger partial charge on any atom is 0.309 e. The SMILES string of the molecule is COC(CNC(=O)C(=O)NC1CCN(Cc2ccccc2)CC1)OC. The molecule has 1 aromatic rings. The molecule has 1 saturated heterocycles. The molecule has 1 heterocycles. The first-order valence-corrected chi connectivity index (χ1v) is 8.53. The van der Waals surface area contributed by atoms with Gasteiger partial charge in [-0.2, -0.15) is 0 Å². The Morgan fingerprint density at radius 1 is 1.12 bits per heavy atom. The Morgan fingerprint density at radius 2 is 1.76 bits per heavy atom. The van der Waals surface area contributed by atoms with Crippen LogP contribution in [0.15, 0.2) is 30.3 Å². The predicted molar refractivity (Wildman–Crippen MR) is 93.7 cm³/mol. The van der Waals surface area contributed by atoms with Crippen molar-refractivity contribution in [2.45, 2.75) is 31.7 Å². The lowest BCUT2D eigenvalue weighted by Gasteiger charge is -2.32. The summed E-state index contributed by atoms with van der Waals surface area (Å²) in [6, 6.07) is 10.4. The Morgan fingerprint density at radius 3 is 2.36 bits per heavy atom. The number of hydrogen-bond acceptors (Lipinski definition) is 5. The minimum Gasteiger partial charge on any atom is -0.354 e. The minimum absolute atomic E-state index is 0.0333. The molecule has 2 rings (SSSR count). The highest BCUT2D eigenvalue weighted by Gasteiger charge is 2.23. The second kappa shape index (κ2) is 10.1. The standard InChI is InChI=1S/C18H27N3O4/c1-24-16(25-2)12-19-17(22)18(23)20-15-8-10-21(11-9-15)13-14-6-4-3-5-7-14/h3-7,15-16H,8-13H2,1-2H3,(H,19,22)(H,20,23). The largest absolute Gasteiger partial charge is 0.354 e. The van der Waals surface area contributed by atoms with Crippen LogP contribution in [0.3, 0.4) is 0 Å². The van der Waals surface area contributed by atoms with Crippen molar-refractivity contribution in [1.82, 2.24) is 15.5 Å². The molecule has 0 spiro atoms. The fraction of sp³-hybridized carbons (Fsp3) is 0.556. The van der Waals surface area contributed by atoms with E-state index in [2.05, 4.69) is 27.7 Å². The Labute approximate surface area is 148 Å². The van der Waals surface area contributed by atoms with E-state index in [-0.39, 0.29) is 12.6 Å². The molecule has 0 bridgehead atoms. The summed E-state index contributed by atoms with van der Waals surface area (Å²) in [4.78, 5) is 26.1. The Balaban J connectivity index is 1.68. The molecule has 0 aromatic heterocycles. The van der Waals surface area contributed by atoms with E-state index in [1.165, 1.54) is 19.8 Å². The molecule has 1 aliphatic rings. The fourth-order valence-corrected chi connectivity index (χ4v) is 2.85. The van der Waals surface area contributed by atoms with Crippen molar-refractivity contribution < 1.29 is 19.1 Å². The van der Waals surface area contributed by atoms with E-state index >= 15 is 0 Å². The molecule has 138 valence electrons. The summed E-state index contributed by atoms with van der Waals surface area (Å²) in [5.41, 5.74) is 1.29. The first kappa shape index (κ1) is 19.4. The molecule has 7 nitrogen and oxygen atoms in total. The number of ether oxygens (including phenoxy) is 2. The van der Waals surface area contributed by atoms with Crippen LogP contribution in [-0.4, -0.2) is 62.9 Å². The van der Waals surface area contributed by atoms with Crippen LogP contribution in [0.2, 0.25) is 0 Å². The Bertz CT molecular complexity index is 541. The average Bonchev–Trinajstić information content (AvgIpc) is 2.64. The zero-order chi connectivity index (χ0) is 18.1. The van der Waals surface area contributed by atoms with Crippen molar-refractivity contribution in [2.24, 2.45) is 0 Å². The highest BCUT2D eigenvalue weighted by atomic mass is 16.7. The highest BCUT2D eigenvalue weighted by molar-refractivity contribution is 6.35. The van der Waals surface area contributed by atoms with Gasteiger partial charge >= 0.3 is 11.8 Å². The van der Waals surface area contributed by atoms with Gasteiger partial charge in [-0.1, -0.05) is 30.3 Å². The van der Waals surface area contributed by atoms with Gasteiger partial charge in [-0.15, -0.1) is 0 Å². The molecule has 0 atom stereocenters. The zero-order valence-electron chi connectivity index (χ0n) is 14.9. The van der Waals surface area contributed by atoms with Gasteiger partial charge in [0.15, 0.2) is 6.29 Å². The molecule has 0 aliphatic carbocycles. The van der Waals surface area contributed by atoms with Crippen molar-refractivity contribution in [3.8, 4) is 0 Å². The quantitative estimate of drug-likeness (QED) is 0.554. The molecular weight excluding hydrogens is 322 g/mol. The van der Waals surface area contributed by atoms with Gasteiger partial charge in [-0.05, 0) is 18.4 Å². The van der Waals surface area contributed by atoms with Crippen molar-refractivity contribution in [3.63, 3.8) is 0 Å². The smallest absolute Gasteiger partial charge is 0.309 e. The number of amides is 2. The second-order valence-electron chi connectivity index (χ2n) is 6.12. The summed E-state index contributed by atoms with van der Waals surface area (Å²) in [5.74, 6) is -1.27. The van der Waals surface area contributed by atoms with E-state index in [1.807, 2.05) is 18.2 Å². The number of piperidine rings is 1. The monoisotopic (exact) mass is 349 g/mol. The number of methoxy groups -OCH3 is 2. The summed E-state index contributed by atoms with van der Waals surface area (Å²) in [6.07, 6.45) is 1.12. The maximum atomic E-state index is 12.0. The van der Waals surface area contributed by atoms with Gasteiger partial charge in [0.2, 0.25) is 0 Å². The third-order valence-electron chi connectivity index (χ3n) is 4.33. The lowest BCUT2D eigenvalue weighted by atomic mass is 10.0. The van der Waals surface area contributed by atoms with E-state index in [4.69, 9.17) is 9.47 Å². The summed E-state index contributed by atoms with van der Waals surface area (Å²) < 4.78 is 9.93. The first-order chi connectivity index (χ1) is 12.1.